The summed E-state index contributed by atoms with van der Waals surface area (Å²) in [6.45, 7) is 0.228. The topological polar surface area (TPSA) is 85.5 Å². The number of halogens is 1. The minimum Gasteiger partial charge on any atom is -0.474 e. The maximum Gasteiger partial charge on any atom is 0.288 e. The highest BCUT2D eigenvalue weighted by molar-refractivity contribution is 9.10. The first kappa shape index (κ1) is 14.2. The van der Waals surface area contributed by atoms with Crippen LogP contribution >= 0.6 is 15.9 Å². The van der Waals surface area contributed by atoms with E-state index in [1.54, 1.807) is 0 Å². The Hall–Kier alpha value is -1.21. The Labute approximate surface area is 119 Å². The zero-order chi connectivity index (χ0) is 13.8. The smallest absolute Gasteiger partial charge is 0.288 e. The van der Waals surface area contributed by atoms with E-state index in [2.05, 4.69) is 20.9 Å². The molecule has 104 valence electrons. The van der Waals surface area contributed by atoms with Gasteiger partial charge >= 0.3 is 0 Å². The summed E-state index contributed by atoms with van der Waals surface area (Å²) < 4.78 is 6.24. The molecule has 0 unspecified atom stereocenters. The molecule has 0 atom stereocenters. The Kier molecular flexibility index (Phi) is 4.71. The lowest BCUT2D eigenvalue weighted by Crippen LogP contribution is -2.26. The molecule has 2 rings (SSSR count). The minimum absolute atomic E-state index is 0.0630. The normalized spacial score (nSPS) is 23.1. The van der Waals surface area contributed by atoms with E-state index >= 15 is 0 Å². The largest absolute Gasteiger partial charge is 0.474 e. The number of ether oxygens (including phenoxy) is 1. The summed E-state index contributed by atoms with van der Waals surface area (Å²) in [5.41, 5.74) is -0.0665. The Bertz CT molecular complexity index is 461. The first-order valence-corrected chi connectivity index (χ1v) is 6.97. The van der Waals surface area contributed by atoms with E-state index < -0.39 is 4.92 Å². The Morgan fingerprint density at radius 1 is 1.47 bits per heavy atom. The summed E-state index contributed by atoms with van der Waals surface area (Å²) in [5, 5.41) is 19.7. The SMILES string of the molecule is O=[N+]([O-])c1cnc(OC2CCC(CO)CC2)c(Br)c1. The predicted octanol–water partition coefficient (Wildman–Crippen LogP) is 2.68. The van der Waals surface area contributed by atoms with Crippen LogP contribution in [0.25, 0.3) is 0 Å². The lowest BCUT2D eigenvalue weighted by Gasteiger charge is -2.27. The van der Waals surface area contributed by atoms with Crippen molar-refractivity contribution in [3.63, 3.8) is 0 Å². The van der Waals surface area contributed by atoms with E-state index in [1.807, 2.05) is 0 Å². The van der Waals surface area contributed by atoms with Gasteiger partial charge in [0.2, 0.25) is 5.88 Å². The third-order valence-electron chi connectivity index (χ3n) is 3.33. The molecular formula is C12H15BrN2O4. The number of hydrogen-bond acceptors (Lipinski definition) is 5. The molecule has 1 aliphatic carbocycles. The summed E-state index contributed by atoms with van der Waals surface area (Å²) in [4.78, 5) is 14.1. The molecule has 0 aliphatic heterocycles. The lowest BCUT2D eigenvalue weighted by atomic mass is 9.88. The number of aliphatic hydroxyl groups is 1. The van der Waals surface area contributed by atoms with Crippen LogP contribution in [0.1, 0.15) is 25.7 Å². The van der Waals surface area contributed by atoms with Gasteiger partial charge in [-0.3, -0.25) is 10.1 Å². The maximum atomic E-state index is 10.6. The fraction of sp³-hybridized carbons (Fsp3) is 0.583. The lowest BCUT2D eigenvalue weighted by molar-refractivity contribution is -0.385. The second-order valence-corrected chi connectivity index (χ2v) is 5.54. The van der Waals surface area contributed by atoms with Gasteiger partial charge in [0, 0.05) is 12.7 Å². The van der Waals surface area contributed by atoms with Crippen LogP contribution in [0.4, 0.5) is 5.69 Å². The highest BCUT2D eigenvalue weighted by Gasteiger charge is 2.23. The van der Waals surface area contributed by atoms with Gasteiger partial charge in [0.05, 0.1) is 9.40 Å². The van der Waals surface area contributed by atoms with Gasteiger partial charge in [-0.25, -0.2) is 4.98 Å². The van der Waals surface area contributed by atoms with Gasteiger partial charge < -0.3 is 9.84 Å². The quantitative estimate of drug-likeness (QED) is 0.677. The van der Waals surface area contributed by atoms with Crippen molar-refractivity contribution < 1.29 is 14.8 Å². The minimum atomic E-state index is -0.492. The highest BCUT2D eigenvalue weighted by atomic mass is 79.9. The summed E-state index contributed by atoms with van der Waals surface area (Å²) in [6.07, 6.45) is 4.87. The van der Waals surface area contributed by atoms with Gasteiger partial charge in [0.25, 0.3) is 5.69 Å². The van der Waals surface area contributed by atoms with Gasteiger partial charge in [-0.2, -0.15) is 0 Å². The molecule has 1 heterocycles. The third kappa shape index (κ3) is 3.63. The third-order valence-corrected chi connectivity index (χ3v) is 3.90. The van der Waals surface area contributed by atoms with Gasteiger partial charge in [-0.15, -0.1) is 0 Å². The number of hydrogen-bond donors (Lipinski definition) is 1. The molecule has 7 heteroatoms. The summed E-state index contributed by atoms with van der Waals surface area (Å²) in [6, 6.07) is 1.39. The predicted molar refractivity (Wildman–Crippen MR) is 72.1 cm³/mol. The van der Waals surface area contributed by atoms with Crippen molar-refractivity contribution in [1.82, 2.24) is 4.98 Å². The van der Waals surface area contributed by atoms with Crippen molar-refractivity contribution in [1.29, 1.82) is 0 Å². The fourth-order valence-electron chi connectivity index (χ4n) is 2.19. The number of nitro groups is 1. The van der Waals surface area contributed by atoms with Crippen molar-refractivity contribution in [2.24, 2.45) is 5.92 Å². The van der Waals surface area contributed by atoms with Crippen LogP contribution in [0.5, 0.6) is 5.88 Å². The van der Waals surface area contributed by atoms with Crippen LogP contribution in [-0.2, 0) is 0 Å². The summed E-state index contributed by atoms with van der Waals surface area (Å²) in [7, 11) is 0. The Morgan fingerprint density at radius 2 is 2.16 bits per heavy atom. The second-order valence-electron chi connectivity index (χ2n) is 4.68. The van der Waals surface area contributed by atoms with Crippen LogP contribution in [0.15, 0.2) is 16.7 Å². The fourth-order valence-corrected chi connectivity index (χ4v) is 2.62. The van der Waals surface area contributed by atoms with Crippen molar-refractivity contribution in [2.75, 3.05) is 6.61 Å². The van der Waals surface area contributed by atoms with E-state index in [0.717, 1.165) is 25.7 Å². The average molecular weight is 331 g/mol. The van der Waals surface area contributed by atoms with Crippen molar-refractivity contribution in [2.45, 2.75) is 31.8 Å². The van der Waals surface area contributed by atoms with E-state index in [1.165, 1.54) is 12.3 Å². The van der Waals surface area contributed by atoms with Crippen LogP contribution in [0.3, 0.4) is 0 Å². The number of pyridine rings is 1. The maximum absolute atomic E-state index is 10.6. The molecule has 1 saturated carbocycles. The summed E-state index contributed by atoms with van der Waals surface area (Å²) in [5.74, 6) is 0.756. The second kappa shape index (κ2) is 6.29. The van der Waals surface area contributed by atoms with Crippen LogP contribution < -0.4 is 4.74 Å². The van der Waals surface area contributed by atoms with Gasteiger partial charge in [0.1, 0.15) is 12.3 Å². The van der Waals surface area contributed by atoms with Gasteiger partial charge in [0.15, 0.2) is 0 Å². The molecular weight excluding hydrogens is 316 g/mol. The van der Waals surface area contributed by atoms with Crippen LogP contribution in [-0.4, -0.2) is 27.7 Å². The number of nitrogens with zero attached hydrogens (tertiary/aromatic N) is 2. The van der Waals surface area contributed by atoms with Crippen molar-refractivity contribution in [3.05, 3.63) is 26.9 Å². The molecule has 1 fully saturated rings. The molecule has 1 aliphatic rings. The molecule has 0 spiro atoms. The van der Waals surface area contributed by atoms with E-state index in [4.69, 9.17) is 9.84 Å². The van der Waals surface area contributed by atoms with Crippen molar-refractivity contribution >= 4 is 21.6 Å². The average Bonchev–Trinajstić information content (AvgIpc) is 2.41. The molecule has 6 nitrogen and oxygen atoms in total. The number of rotatable bonds is 4. The van der Waals surface area contributed by atoms with Crippen LogP contribution in [0.2, 0.25) is 0 Å². The zero-order valence-corrected chi connectivity index (χ0v) is 11.9. The molecule has 1 N–H and O–H groups in total. The summed E-state index contributed by atoms with van der Waals surface area (Å²) >= 11 is 3.24. The first-order valence-electron chi connectivity index (χ1n) is 6.17. The van der Waals surface area contributed by atoms with E-state index in [-0.39, 0.29) is 18.4 Å². The molecule has 0 bridgehead atoms. The number of aliphatic hydroxyl groups excluding tert-OH is 1. The molecule has 1 aromatic heterocycles. The molecule has 0 aromatic carbocycles. The monoisotopic (exact) mass is 330 g/mol. The van der Waals surface area contributed by atoms with Gasteiger partial charge in [-0.1, -0.05) is 0 Å². The molecule has 1 aromatic rings. The van der Waals surface area contributed by atoms with Gasteiger partial charge in [-0.05, 0) is 47.5 Å². The van der Waals surface area contributed by atoms with Crippen LogP contribution in [0, 0.1) is 16.0 Å². The first-order chi connectivity index (χ1) is 9.10. The van der Waals surface area contributed by atoms with E-state index in [9.17, 15) is 10.1 Å². The zero-order valence-electron chi connectivity index (χ0n) is 10.3. The highest BCUT2D eigenvalue weighted by Crippen LogP contribution is 2.31. The number of aromatic nitrogens is 1. The Balaban J connectivity index is 1.98. The molecule has 19 heavy (non-hydrogen) atoms. The van der Waals surface area contributed by atoms with Crippen molar-refractivity contribution in [3.8, 4) is 5.88 Å². The van der Waals surface area contributed by atoms with E-state index in [0.29, 0.717) is 16.3 Å². The molecule has 0 saturated heterocycles. The molecule has 0 radical (unpaired) electrons. The standard InChI is InChI=1S/C12H15BrN2O4/c13-11-5-9(15(17)18)6-14-12(11)19-10-3-1-8(7-16)2-4-10/h5-6,8,10,16H,1-4,7H2. The molecule has 0 amide bonds. The Morgan fingerprint density at radius 3 is 2.68 bits per heavy atom.